The highest BCUT2D eigenvalue weighted by molar-refractivity contribution is 7.90. The molecule has 0 unspecified atom stereocenters. The predicted octanol–water partition coefficient (Wildman–Crippen LogP) is 4.20. The van der Waals surface area contributed by atoms with Gasteiger partial charge in [0.15, 0.2) is 9.84 Å². The maximum Gasteiger partial charge on any atom is 0.175 e. The molecule has 2 aromatic carbocycles. The third-order valence-electron chi connectivity index (χ3n) is 4.97. The first-order chi connectivity index (χ1) is 14.7. The molecule has 0 amide bonds. The standard InChI is InChI=1S/C23H28ClN3O3S/c1-18-22(23(24)27(25-18)16-19-9-5-4-6-10-19)17-26(2)13-8-14-30-20-11-7-12-21(15-20)31(3,28)29/h4-7,9-12,15H,8,13-14,16-17H2,1-3H3. The third kappa shape index (κ3) is 6.56. The van der Waals surface area contributed by atoms with Crippen molar-refractivity contribution in [3.8, 4) is 5.75 Å². The average Bonchev–Trinajstić information content (AvgIpc) is 2.99. The first-order valence-electron chi connectivity index (χ1n) is 10.1. The SMILES string of the molecule is Cc1nn(Cc2ccccc2)c(Cl)c1CN(C)CCCOc1cccc(S(C)(=O)=O)c1. The minimum Gasteiger partial charge on any atom is -0.494 e. The summed E-state index contributed by atoms with van der Waals surface area (Å²) in [5, 5.41) is 5.28. The first-order valence-corrected chi connectivity index (χ1v) is 12.4. The van der Waals surface area contributed by atoms with Gasteiger partial charge in [-0.2, -0.15) is 5.10 Å². The number of nitrogens with zero attached hydrogens (tertiary/aromatic N) is 3. The molecule has 3 rings (SSSR count). The van der Waals surface area contributed by atoms with Gasteiger partial charge in [-0.1, -0.05) is 48.0 Å². The van der Waals surface area contributed by atoms with Gasteiger partial charge in [0.05, 0.1) is 23.7 Å². The van der Waals surface area contributed by atoms with E-state index in [0.29, 0.717) is 30.6 Å². The summed E-state index contributed by atoms with van der Waals surface area (Å²) in [5.74, 6) is 0.562. The van der Waals surface area contributed by atoms with Crippen molar-refractivity contribution in [1.29, 1.82) is 0 Å². The van der Waals surface area contributed by atoms with Crippen molar-refractivity contribution in [2.45, 2.75) is 31.3 Å². The quantitative estimate of drug-likeness (QED) is 0.423. The summed E-state index contributed by atoms with van der Waals surface area (Å²) in [5.41, 5.74) is 3.12. The van der Waals surface area contributed by atoms with Crippen LogP contribution in [0.4, 0.5) is 0 Å². The Morgan fingerprint density at radius 2 is 1.87 bits per heavy atom. The summed E-state index contributed by atoms with van der Waals surface area (Å²) in [7, 11) is -1.20. The highest BCUT2D eigenvalue weighted by atomic mass is 35.5. The van der Waals surface area contributed by atoms with Gasteiger partial charge < -0.3 is 9.64 Å². The van der Waals surface area contributed by atoms with Crippen molar-refractivity contribution in [2.24, 2.45) is 0 Å². The largest absolute Gasteiger partial charge is 0.494 e. The highest BCUT2D eigenvalue weighted by Gasteiger charge is 2.15. The van der Waals surface area contributed by atoms with E-state index in [2.05, 4.69) is 22.1 Å². The monoisotopic (exact) mass is 461 g/mol. The van der Waals surface area contributed by atoms with Crippen molar-refractivity contribution < 1.29 is 13.2 Å². The first kappa shape index (κ1) is 23.3. The molecule has 8 heteroatoms. The lowest BCUT2D eigenvalue weighted by Crippen LogP contribution is -2.21. The van der Waals surface area contributed by atoms with Crippen molar-refractivity contribution in [3.63, 3.8) is 0 Å². The molecule has 0 radical (unpaired) electrons. The van der Waals surface area contributed by atoms with Crippen LogP contribution in [0.3, 0.4) is 0 Å². The van der Waals surface area contributed by atoms with E-state index in [-0.39, 0.29) is 4.90 Å². The average molecular weight is 462 g/mol. The van der Waals surface area contributed by atoms with Gasteiger partial charge in [0.2, 0.25) is 0 Å². The van der Waals surface area contributed by atoms with Crippen LogP contribution in [-0.4, -0.2) is 49.6 Å². The molecule has 0 aliphatic heterocycles. The van der Waals surface area contributed by atoms with Crippen LogP contribution in [0.2, 0.25) is 5.15 Å². The Kier molecular flexibility index (Phi) is 7.75. The van der Waals surface area contributed by atoms with E-state index in [4.69, 9.17) is 16.3 Å². The fourth-order valence-electron chi connectivity index (χ4n) is 3.30. The van der Waals surface area contributed by atoms with Gasteiger partial charge >= 0.3 is 0 Å². The van der Waals surface area contributed by atoms with Crippen LogP contribution in [0, 0.1) is 6.92 Å². The number of ether oxygens (including phenoxy) is 1. The molecule has 1 heterocycles. The molecular formula is C23H28ClN3O3S. The van der Waals surface area contributed by atoms with Crippen LogP contribution in [0.5, 0.6) is 5.75 Å². The Balaban J connectivity index is 1.50. The van der Waals surface area contributed by atoms with Crippen LogP contribution < -0.4 is 4.74 Å². The van der Waals surface area contributed by atoms with E-state index in [1.54, 1.807) is 24.3 Å². The fraction of sp³-hybridized carbons (Fsp3) is 0.348. The number of rotatable bonds is 10. The zero-order chi connectivity index (χ0) is 22.4. The maximum absolute atomic E-state index is 11.7. The predicted molar refractivity (Wildman–Crippen MR) is 124 cm³/mol. The number of halogens is 1. The molecular weight excluding hydrogens is 434 g/mol. The molecule has 0 atom stereocenters. The second-order valence-corrected chi connectivity index (χ2v) is 10.1. The summed E-state index contributed by atoms with van der Waals surface area (Å²) in [6.45, 7) is 4.63. The number of benzene rings is 2. The lowest BCUT2D eigenvalue weighted by atomic mass is 10.2. The zero-order valence-corrected chi connectivity index (χ0v) is 19.7. The van der Waals surface area contributed by atoms with Gasteiger partial charge in [-0.3, -0.25) is 0 Å². The second kappa shape index (κ2) is 10.3. The third-order valence-corrected chi connectivity index (χ3v) is 6.51. The smallest absolute Gasteiger partial charge is 0.175 e. The van der Waals surface area contributed by atoms with E-state index in [1.807, 2.05) is 36.9 Å². The van der Waals surface area contributed by atoms with Crippen molar-refractivity contribution in [3.05, 3.63) is 76.6 Å². The van der Waals surface area contributed by atoms with Gasteiger partial charge in [0, 0.05) is 24.9 Å². The molecule has 0 fully saturated rings. The highest BCUT2D eigenvalue weighted by Crippen LogP contribution is 2.22. The van der Waals surface area contributed by atoms with Gasteiger partial charge in [-0.25, -0.2) is 13.1 Å². The molecule has 1 aromatic heterocycles. The number of hydrogen-bond acceptors (Lipinski definition) is 5. The van der Waals surface area contributed by atoms with Gasteiger partial charge in [-0.05, 0) is 44.2 Å². The van der Waals surface area contributed by atoms with Crippen LogP contribution in [-0.2, 0) is 22.9 Å². The molecule has 0 aliphatic carbocycles. The Hall–Kier alpha value is -2.35. The minimum absolute atomic E-state index is 0.264. The zero-order valence-electron chi connectivity index (χ0n) is 18.1. The van der Waals surface area contributed by atoms with Crippen LogP contribution in [0.1, 0.15) is 23.2 Å². The number of sulfone groups is 1. The van der Waals surface area contributed by atoms with Gasteiger partial charge in [0.25, 0.3) is 0 Å². The number of aromatic nitrogens is 2. The van der Waals surface area contributed by atoms with E-state index in [0.717, 1.165) is 29.8 Å². The molecule has 31 heavy (non-hydrogen) atoms. The number of hydrogen-bond donors (Lipinski definition) is 0. The van der Waals surface area contributed by atoms with Crippen molar-refractivity contribution in [2.75, 3.05) is 26.5 Å². The van der Waals surface area contributed by atoms with E-state index < -0.39 is 9.84 Å². The molecule has 0 bridgehead atoms. The molecule has 0 aliphatic rings. The van der Waals surface area contributed by atoms with Gasteiger partial charge in [0.1, 0.15) is 10.9 Å². The van der Waals surface area contributed by atoms with Crippen LogP contribution in [0.25, 0.3) is 0 Å². The lowest BCUT2D eigenvalue weighted by Gasteiger charge is -2.17. The van der Waals surface area contributed by atoms with Gasteiger partial charge in [-0.15, -0.1) is 0 Å². The topological polar surface area (TPSA) is 64.4 Å². The van der Waals surface area contributed by atoms with Crippen LogP contribution >= 0.6 is 11.6 Å². The molecule has 0 N–H and O–H groups in total. The summed E-state index contributed by atoms with van der Waals surface area (Å²) >= 11 is 6.62. The number of aryl methyl sites for hydroxylation is 1. The Morgan fingerprint density at radius 1 is 1.13 bits per heavy atom. The summed E-state index contributed by atoms with van der Waals surface area (Å²) in [6.07, 6.45) is 1.99. The van der Waals surface area contributed by atoms with Crippen LogP contribution in [0.15, 0.2) is 59.5 Å². The molecule has 0 saturated heterocycles. The molecule has 0 spiro atoms. The Labute approximate surface area is 189 Å². The summed E-state index contributed by atoms with van der Waals surface area (Å²) in [4.78, 5) is 2.44. The molecule has 0 saturated carbocycles. The van der Waals surface area contributed by atoms with Crippen molar-refractivity contribution in [1.82, 2.24) is 14.7 Å². The van der Waals surface area contributed by atoms with E-state index in [9.17, 15) is 8.42 Å². The van der Waals surface area contributed by atoms with E-state index >= 15 is 0 Å². The van der Waals surface area contributed by atoms with E-state index in [1.165, 1.54) is 6.26 Å². The normalized spacial score (nSPS) is 11.8. The lowest BCUT2D eigenvalue weighted by molar-refractivity contribution is 0.258. The Morgan fingerprint density at radius 3 is 2.58 bits per heavy atom. The summed E-state index contributed by atoms with van der Waals surface area (Å²) < 4.78 is 30.9. The van der Waals surface area contributed by atoms with Crippen molar-refractivity contribution >= 4 is 21.4 Å². The molecule has 3 aromatic rings. The second-order valence-electron chi connectivity index (χ2n) is 7.68. The minimum atomic E-state index is -3.24. The molecule has 166 valence electrons. The maximum atomic E-state index is 11.7. The fourth-order valence-corrected chi connectivity index (χ4v) is 4.25. The Bertz CT molecular complexity index is 1110. The summed E-state index contributed by atoms with van der Waals surface area (Å²) in [6, 6.07) is 16.7. The molecule has 6 nitrogen and oxygen atoms in total.